The van der Waals surface area contributed by atoms with E-state index in [1.165, 1.54) is 17.5 Å². The molecule has 0 atom stereocenters. The summed E-state index contributed by atoms with van der Waals surface area (Å²) in [6.45, 7) is 0. The Hall–Kier alpha value is -1.24. The molecule has 5 nitrogen and oxygen atoms in total. The highest BCUT2D eigenvalue weighted by molar-refractivity contribution is 7.13. The lowest BCUT2D eigenvalue weighted by molar-refractivity contribution is 0.102. The zero-order valence-corrected chi connectivity index (χ0v) is 10.3. The number of nitrogens with one attached hydrogen (secondary N) is 1. The molecule has 0 radical (unpaired) electrons. The van der Waals surface area contributed by atoms with Gasteiger partial charge in [-0.05, 0) is 12.1 Å². The number of anilines is 1. The summed E-state index contributed by atoms with van der Waals surface area (Å²) in [6, 6.07) is 3.39. The molecule has 2 heterocycles. The maximum absolute atomic E-state index is 11.5. The quantitative estimate of drug-likeness (QED) is 0.913. The van der Waals surface area contributed by atoms with Crippen LogP contribution in [0.25, 0.3) is 0 Å². The van der Waals surface area contributed by atoms with Gasteiger partial charge in [0.25, 0.3) is 5.91 Å². The van der Waals surface area contributed by atoms with Gasteiger partial charge in [-0.15, -0.1) is 35.0 Å². The topological polar surface area (TPSA) is 67.8 Å². The monoisotopic (exact) mass is 278 g/mol. The van der Waals surface area contributed by atoms with E-state index in [2.05, 4.69) is 20.5 Å². The summed E-state index contributed by atoms with van der Waals surface area (Å²) in [5.41, 5.74) is 2.06. The maximum Gasteiger partial charge on any atom is 0.259 e. The van der Waals surface area contributed by atoms with Crippen LogP contribution in [0.4, 0.5) is 5.13 Å². The van der Waals surface area contributed by atoms with E-state index in [4.69, 9.17) is 0 Å². The van der Waals surface area contributed by atoms with E-state index in [0.717, 1.165) is 0 Å². The first-order valence-electron chi connectivity index (χ1n) is 3.84. The highest BCUT2D eigenvalue weighted by Gasteiger charge is 2.06. The summed E-state index contributed by atoms with van der Waals surface area (Å²) in [5.74, 6) is -0.227. The molecule has 2 aromatic heterocycles. The predicted octanol–water partition coefficient (Wildman–Crippen LogP) is 2.03. The SMILES string of the molecule is Cl.Cl.O=C(Nc1nncs1)c1cccnc1. The first kappa shape index (κ1) is 14.8. The van der Waals surface area contributed by atoms with Crippen molar-refractivity contribution in [1.82, 2.24) is 15.2 Å². The fourth-order valence-electron chi connectivity index (χ4n) is 0.894. The van der Waals surface area contributed by atoms with Crippen LogP contribution in [-0.2, 0) is 0 Å². The van der Waals surface area contributed by atoms with Crippen LogP contribution in [0.15, 0.2) is 30.0 Å². The number of carbonyl (C=O) groups excluding carboxylic acids is 1. The van der Waals surface area contributed by atoms with Crippen molar-refractivity contribution in [2.45, 2.75) is 0 Å². The van der Waals surface area contributed by atoms with E-state index < -0.39 is 0 Å². The van der Waals surface area contributed by atoms with Gasteiger partial charge in [0.2, 0.25) is 5.13 Å². The number of hydrogen-bond donors (Lipinski definition) is 1. The number of carbonyl (C=O) groups is 1. The summed E-state index contributed by atoms with van der Waals surface area (Å²) < 4.78 is 0. The molecular weight excluding hydrogens is 271 g/mol. The van der Waals surface area contributed by atoms with Gasteiger partial charge in [0.15, 0.2) is 0 Å². The number of amides is 1. The second kappa shape index (κ2) is 7.10. The van der Waals surface area contributed by atoms with Gasteiger partial charge < -0.3 is 0 Å². The normalized spacial score (nSPS) is 8.50. The van der Waals surface area contributed by atoms with E-state index in [1.807, 2.05) is 0 Å². The van der Waals surface area contributed by atoms with Crippen LogP contribution in [0.3, 0.4) is 0 Å². The average Bonchev–Trinajstić information content (AvgIpc) is 2.72. The van der Waals surface area contributed by atoms with E-state index in [1.54, 1.807) is 23.8 Å². The van der Waals surface area contributed by atoms with Crippen molar-refractivity contribution in [2.24, 2.45) is 0 Å². The molecule has 0 aromatic carbocycles. The van der Waals surface area contributed by atoms with Gasteiger partial charge in [-0.2, -0.15) is 0 Å². The van der Waals surface area contributed by atoms with E-state index in [0.29, 0.717) is 10.7 Å². The summed E-state index contributed by atoms with van der Waals surface area (Å²) in [4.78, 5) is 15.3. The molecule has 0 saturated heterocycles. The molecule has 0 aliphatic heterocycles. The van der Waals surface area contributed by atoms with Gasteiger partial charge in [-0.1, -0.05) is 11.3 Å². The molecule has 2 aromatic rings. The van der Waals surface area contributed by atoms with Crippen LogP contribution in [0, 0.1) is 0 Å². The number of pyridine rings is 1. The molecule has 8 heteroatoms. The standard InChI is InChI=1S/C8H6N4OS.2ClH/c13-7(6-2-1-3-9-4-6)11-8-12-10-5-14-8;;/h1-5H,(H,11,12,13);2*1H. The Morgan fingerprint density at radius 2 is 2.19 bits per heavy atom. The minimum Gasteiger partial charge on any atom is -0.296 e. The van der Waals surface area contributed by atoms with Crippen molar-refractivity contribution >= 4 is 47.2 Å². The van der Waals surface area contributed by atoms with Gasteiger partial charge in [0.05, 0.1) is 5.56 Å². The minimum atomic E-state index is -0.227. The lowest BCUT2D eigenvalue weighted by atomic mass is 10.3. The molecule has 0 aliphatic rings. The number of aromatic nitrogens is 3. The van der Waals surface area contributed by atoms with Crippen LogP contribution < -0.4 is 5.32 Å². The summed E-state index contributed by atoms with van der Waals surface area (Å²) in [7, 11) is 0. The van der Waals surface area contributed by atoms with Crippen molar-refractivity contribution in [3.8, 4) is 0 Å². The summed E-state index contributed by atoms with van der Waals surface area (Å²) in [6.07, 6.45) is 3.11. The van der Waals surface area contributed by atoms with Crippen molar-refractivity contribution in [1.29, 1.82) is 0 Å². The average molecular weight is 279 g/mol. The fraction of sp³-hybridized carbons (Fsp3) is 0. The third-order valence-corrected chi connectivity index (χ3v) is 2.11. The Kier molecular flexibility index (Phi) is 6.55. The van der Waals surface area contributed by atoms with Crippen molar-refractivity contribution in [3.63, 3.8) is 0 Å². The van der Waals surface area contributed by atoms with E-state index in [-0.39, 0.29) is 30.7 Å². The van der Waals surface area contributed by atoms with Crippen LogP contribution in [0.2, 0.25) is 0 Å². The highest BCUT2D eigenvalue weighted by Crippen LogP contribution is 2.09. The Labute approximate surface area is 108 Å². The lowest BCUT2D eigenvalue weighted by Gasteiger charge is -1.98. The molecule has 86 valence electrons. The summed E-state index contributed by atoms with van der Waals surface area (Å²) in [5, 5.41) is 10.4. The van der Waals surface area contributed by atoms with Gasteiger partial charge in [-0.3, -0.25) is 15.1 Å². The third-order valence-electron chi connectivity index (χ3n) is 1.50. The first-order chi connectivity index (χ1) is 6.86. The largest absolute Gasteiger partial charge is 0.296 e. The lowest BCUT2D eigenvalue weighted by Crippen LogP contribution is -2.11. The predicted molar refractivity (Wildman–Crippen MR) is 66.6 cm³/mol. The smallest absolute Gasteiger partial charge is 0.259 e. The highest BCUT2D eigenvalue weighted by atomic mass is 35.5. The van der Waals surface area contributed by atoms with Gasteiger partial charge >= 0.3 is 0 Å². The molecule has 2 rings (SSSR count). The fourth-order valence-corrected chi connectivity index (χ4v) is 1.33. The number of nitrogens with zero attached hydrogens (tertiary/aromatic N) is 3. The minimum absolute atomic E-state index is 0. The number of hydrogen-bond acceptors (Lipinski definition) is 5. The summed E-state index contributed by atoms with van der Waals surface area (Å²) >= 11 is 1.27. The molecule has 1 N–H and O–H groups in total. The molecular formula is C8H8Cl2N4OS. The molecule has 0 saturated carbocycles. The van der Waals surface area contributed by atoms with E-state index in [9.17, 15) is 4.79 Å². The molecule has 0 unspecified atom stereocenters. The molecule has 1 amide bonds. The zero-order valence-electron chi connectivity index (χ0n) is 7.86. The van der Waals surface area contributed by atoms with Gasteiger partial charge in [0, 0.05) is 12.4 Å². The molecule has 0 bridgehead atoms. The van der Waals surface area contributed by atoms with E-state index >= 15 is 0 Å². The second-order valence-electron chi connectivity index (χ2n) is 2.44. The number of rotatable bonds is 2. The van der Waals surface area contributed by atoms with Crippen LogP contribution in [0.1, 0.15) is 10.4 Å². The maximum atomic E-state index is 11.5. The Morgan fingerprint density at radius 3 is 2.75 bits per heavy atom. The molecule has 0 fully saturated rings. The Balaban J connectivity index is 0.00000112. The van der Waals surface area contributed by atoms with Gasteiger partial charge in [0.1, 0.15) is 5.51 Å². The zero-order chi connectivity index (χ0) is 9.80. The number of halogens is 2. The molecule has 16 heavy (non-hydrogen) atoms. The van der Waals surface area contributed by atoms with Crippen LogP contribution >= 0.6 is 36.2 Å². The van der Waals surface area contributed by atoms with Crippen molar-refractivity contribution in [2.75, 3.05) is 5.32 Å². The molecule has 0 aliphatic carbocycles. The van der Waals surface area contributed by atoms with Gasteiger partial charge in [-0.25, -0.2) is 0 Å². The van der Waals surface area contributed by atoms with Crippen molar-refractivity contribution < 1.29 is 4.79 Å². The third kappa shape index (κ3) is 3.73. The Bertz CT molecular complexity index is 423. The molecule has 0 spiro atoms. The second-order valence-corrected chi connectivity index (χ2v) is 3.27. The van der Waals surface area contributed by atoms with Crippen molar-refractivity contribution in [3.05, 3.63) is 35.6 Å². The first-order valence-corrected chi connectivity index (χ1v) is 4.72. The van der Waals surface area contributed by atoms with Crippen LogP contribution in [0.5, 0.6) is 0 Å². The van der Waals surface area contributed by atoms with Crippen LogP contribution in [-0.4, -0.2) is 21.1 Å². The Morgan fingerprint density at radius 1 is 1.38 bits per heavy atom.